The van der Waals surface area contributed by atoms with Crippen LogP contribution in [0.15, 0.2) is 42.5 Å². The Morgan fingerprint density at radius 2 is 2.00 bits per heavy atom. The zero-order chi connectivity index (χ0) is 18.3. The van der Waals surface area contributed by atoms with E-state index < -0.39 is 0 Å². The van der Waals surface area contributed by atoms with E-state index in [1.807, 2.05) is 42.5 Å². The van der Waals surface area contributed by atoms with Crippen LogP contribution in [-0.2, 0) is 11.2 Å². The van der Waals surface area contributed by atoms with Crippen LogP contribution in [0.3, 0.4) is 0 Å². The summed E-state index contributed by atoms with van der Waals surface area (Å²) in [5.41, 5.74) is 2.72. The monoisotopic (exact) mass is 384 g/mol. The van der Waals surface area contributed by atoms with Crippen molar-refractivity contribution in [1.29, 1.82) is 0 Å². The van der Waals surface area contributed by atoms with E-state index in [0.29, 0.717) is 15.6 Å². The van der Waals surface area contributed by atoms with E-state index in [2.05, 4.69) is 5.32 Å². The molecule has 2 amide bonds. The Hall–Kier alpha value is -2.37. The summed E-state index contributed by atoms with van der Waals surface area (Å²) in [5.74, 6) is -0.171. The highest BCUT2D eigenvalue weighted by molar-refractivity contribution is 7.21. The number of amides is 2. The number of fused-ring (bicyclic) bond motifs is 2. The number of nitrogens with zero attached hydrogens (tertiary/aromatic N) is 1. The lowest BCUT2D eigenvalue weighted by atomic mass is 10.0. The molecule has 6 heteroatoms. The van der Waals surface area contributed by atoms with E-state index in [-0.39, 0.29) is 11.8 Å². The number of benzene rings is 2. The Balaban J connectivity index is 1.62. The van der Waals surface area contributed by atoms with Gasteiger partial charge in [-0.1, -0.05) is 29.8 Å². The van der Waals surface area contributed by atoms with E-state index in [1.165, 1.54) is 11.3 Å². The van der Waals surface area contributed by atoms with Crippen LogP contribution in [0.25, 0.3) is 10.1 Å². The maximum absolute atomic E-state index is 12.7. The molecule has 26 heavy (non-hydrogen) atoms. The average molecular weight is 385 g/mol. The van der Waals surface area contributed by atoms with Crippen molar-refractivity contribution in [3.05, 3.63) is 57.9 Å². The van der Waals surface area contributed by atoms with Crippen molar-refractivity contribution in [2.24, 2.45) is 0 Å². The summed E-state index contributed by atoms with van der Waals surface area (Å²) in [6, 6.07) is 13.4. The highest BCUT2D eigenvalue weighted by Gasteiger charge is 2.21. The first-order chi connectivity index (χ1) is 12.5. The molecule has 1 N–H and O–H groups in total. The molecule has 0 saturated carbocycles. The van der Waals surface area contributed by atoms with Crippen molar-refractivity contribution in [3.63, 3.8) is 0 Å². The van der Waals surface area contributed by atoms with E-state index >= 15 is 0 Å². The van der Waals surface area contributed by atoms with E-state index in [9.17, 15) is 9.59 Å². The summed E-state index contributed by atoms with van der Waals surface area (Å²) < 4.78 is 0.991. The second kappa shape index (κ2) is 6.74. The minimum Gasteiger partial charge on any atom is -0.321 e. The predicted molar refractivity (Wildman–Crippen MR) is 108 cm³/mol. The summed E-state index contributed by atoms with van der Waals surface area (Å²) in [5, 5.41) is 4.32. The molecule has 1 aliphatic rings. The molecule has 0 spiro atoms. The molecule has 0 fully saturated rings. The first-order valence-electron chi connectivity index (χ1n) is 8.44. The third-order valence-corrected chi connectivity index (χ3v) is 6.25. The van der Waals surface area contributed by atoms with Crippen molar-refractivity contribution in [2.45, 2.75) is 19.8 Å². The molecule has 1 aliphatic heterocycles. The van der Waals surface area contributed by atoms with Gasteiger partial charge in [0.2, 0.25) is 5.91 Å². The topological polar surface area (TPSA) is 49.4 Å². The smallest absolute Gasteiger partial charge is 0.267 e. The van der Waals surface area contributed by atoms with Gasteiger partial charge < -0.3 is 10.2 Å². The summed E-state index contributed by atoms with van der Waals surface area (Å²) in [4.78, 5) is 26.8. The number of aryl methyl sites for hydroxylation is 1. The SMILES string of the molecule is CC(=O)N1CCCc2cc(NC(=O)c3sc4ccccc4c3Cl)ccc21. The molecular weight excluding hydrogens is 368 g/mol. The minimum absolute atomic E-state index is 0.0415. The summed E-state index contributed by atoms with van der Waals surface area (Å²) in [6.45, 7) is 2.32. The van der Waals surface area contributed by atoms with Gasteiger partial charge in [0.25, 0.3) is 5.91 Å². The fraction of sp³-hybridized carbons (Fsp3) is 0.200. The quantitative estimate of drug-likeness (QED) is 0.667. The Morgan fingerprint density at radius 3 is 2.77 bits per heavy atom. The van der Waals surface area contributed by atoms with E-state index in [1.54, 1.807) is 11.8 Å². The van der Waals surface area contributed by atoms with Gasteiger partial charge in [-0.2, -0.15) is 0 Å². The maximum atomic E-state index is 12.7. The number of halogens is 1. The fourth-order valence-electron chi connectivity index (χ4n) is 3.35. The fourth-order valence-corrected chi connectivity index (χ4v) is 4.76. The van der Waals surface area contributed by atoms with Gasteiger partial charge in [-0.15, -0.1) is 11.3 Å². The molecule has 0 saturated heterocycles. The Bertz CT molecular complexity index is 1030. The second-order valence-electron chi connectivity index (χ2n) is 6.31. The van der Waals surface area contributed by atoms with Gasteiger partial charge in [0.05, 0.1) is 5.02 Å². The number of hydrogen-bond donors (Lipinski definition) is 1. The summed E-state index contributed by atoms with van der Waals surface area (Å²) >= 11 is 7.78. The van der Waals surface area contributed by atoms with E-state index in [0.717, 1.165) is 40.7 Å². The van der Waals surface area contributed by atoms with E-state index in [4.69, 9.17) is 11.6 Å². The molecule has 0 unspecified atom stereocenters. The van der Waals surface area contributed by atoms with Crippen LogP contribution in [0.1, 0.15) is 28.6 Å². The van der Waals surface area contributed by atoms with Gasteiger partial charge in [0.15, 0.2) is 0 Å². The lowest BCUT2D eigenvalue weighted by Gasteiger charge is -2.28. The molecule has 0 bridgehead atoms. The molecule has 0 aliphatic carbocycles. The van der Waals surface area contributed by atoms with Gasteiger partial charge in [-0.25, -0.2) is 0 Å². The second-order valence-corrected chi connectivity index (χ2v) is 7.74. The number of carbonyl (C=O) groups excluding carboxylic acids is 2. The van der Waals surface area contributed by atoms with Crippen LogP contribution in [0.2, 0.25) is 5.02 Å². The number of carbonyl (C=O) groups is 2. The van der Waals surface area contributed by atoms with Gasteiger partial charge >= 0.3 is 0 Å². The Labute approximate surface area is 160 Å². The molecule has 2 heterocycles. The molecule has 1 aromatic heterocycles. The van der Waals surface area contributed by atoms with Gasteiger partial charge in [0.1, 0.15) is 4.88 Å². The standard InChI is InChI=1S/C20H17ClN2O2S/c1-12(24)23-10-4-5-13-11-14(8-9-16(13)23)22-20(25)19-18(21)15-6-2-3-7-17(15)26-19/h2-3,6-9,11H,4-5,10H2,1H3,(H,22,25). The van der Waals surface area contributed by atoms with Crippen LogP contribution in [-0.4, -0.2) is 18.4 Å². The van der Waals surface area contributed by atoms with Crippen LogP contribution in [0, 0.1) is 0 Å². The van der Waals surface area contributed by atoms with Crippen LogP contribution >= 0.6 is 22.9 Å². The zero-order valence-electron chi connectivity index (χ0n) is 14.2. The molecule has 4 rings (SSSR count). The van der Waals surface area contributed by atoms with Crippen molar-refractivity contribution in [1.82, 2.24) is 0 Å². The lowest BCUT2D eigenvalue weighted by molar-refractivity contribution is -0.116. The average Bonchev–Trinajstić information content (AvgIpc) is 2.98. The molecule has 4 nitrogen and oxygen atoms in total. The largest absolute Gasteiger partial charge is 0.321 e. The third-order valence-electron chi connectivity index (χ3n) is 4.58. The van der Waals surface area contributed by atoms with Gasteiger partial charge in [-0.3, -0.25) is 9.59 Å². The van der Waals surface area contributed by atoms with Crippen LogP contribution in [0.4, 0.5) is 11.4 Å². The molecular formula is C20H17ClN2O2S. The number of nitrogens with one attached hydrogen (secondary N) is 1. The number of thiophene rings is 1. The first-order valence-corrected chi connectivity index (χ1v) is 9.63. The van der Waals surface area contributed by atoms with Crippen molar-refractivity contribution in [3.8, 4) is 0 Å². The molecule has 3 aromatic rings. The zero-order valence-corrected chi connectivity index (χ0v) is 15.8. The minimum atomic E-state index is -0.213. The van der Waals surface area contributed by atoms with Crippen molar-refractivity contribution in [2.75, 3.05) is 16.8 Å². The van der Waals surface area contributed by atoms with Gasteiger partial charge in [0, 0.05) is 34.9 Å². The normalized spacial score (nSPS) is 13.5. The maximum Gasteiger partial charge on any atom is 0.267 e. The summed E-state index contributed by atoms with van der Waals surface area (Å²) in [7, 11) is 0. The number of rotatable bonds is 2. The molecule has 2 aromatic carbocycles. The molecule has 0 radical (unpaired) electrons. The van der Waals surface area contributed by atoms with Crippen molar-refractivity contribution >= 4 is 56.2 Å². The van der Waals surface area contributed by atoms with Crippen LogP contribution in [0.5, 0.6) is 0 Å². The first kappa shape index (κ1) is 17.1. The molecule has 132 valence electrons. The van der Waals surface area contributed by atoms with Gasteiger partial charge in [-0.05, 0) is 42.7 Å². The number of hydrogen-bond acceptors (Lipinski definition) is 3. The third kappa shape index (κ3) is 2.97. The summed E-state index contributed by atoms with van der Waals surface area (Å²) in [6.07, 6.45) is 1.82. The highest BCUT2D eigenvalue weighted by Crippen LogP contribution is 2.36. The van der Waals surface area contributed by atoms with Crippen molar-refractivity contribution < 1.29 is 9.59 Å². The predicted octanol–water partition coefficient (Wildman–Crippen LogP) is 5.11. The lowest BCUT2D eigenvalue weighted by Crippen LogP contribution is -2.33. The molecule has 0 atom stereocenters. The Kier molecular flexibility index (Phi) is 4.42. The number of anilines is 2. The Morgan fingerprint density at radius 1 is 1.19 bits per heavy atom. The highest BCUT2D eigenvalue weighted by atomic mass is 35.5. The van der Waals surface area contributed by atoms with Crippen LogP contribution < -0.4 is 10.2 Å².